The van der Waals surface area contributed by atoms with Gasteiger partial charge in [-0.15, -0.1) is 0 Å². The predicted molar refractivity (Wildman–Crippen MR) is 127 cm³/mol. The Kier molecular flexibility index (Phi) is 5.17. The van der Waals surface area contributed by atoms with E-state index in [1.807, 2.05) is 48.5 Å². The first-order chi connectivity index (χ1) is 15.7. The molecule has 6 heteroatoms. The molecule has 0 amide bonds. The van der Waals surface area contributed by atoms with Gasteiger partial charge in [0.1, 0.15) is 11.5 Å². The molecule has 0 fully saturated rings. The van der Waals surface area contributed by atoms with Crippen LogP contribution in [-0.4, -0.2) is 21.5 Å². The van der Waals surface area contributed by atoms with E-state index in [1.165, 1.54) is 0 Å². The molecule has 1 aliphatic heterocycles. The fourth-order valence-electron chi connectivity index (χ4n) is 3.81. The molecule has 0 atom stereocenters. The molecule has 4 aromatic rings. The summed E-state index contributed by atoms with van der Waals surface area (Å²) in [7, 11) is 0. The van der Waals surface area contributed by atoms with Crippen LogP contribution in [-0.2, 0) is 17.8 Å². The van der Waals surface area contributed by atoms with Crippen LogP contribution in [0.5, 0.6) is 0 Å². The van der Waals surface area contributed by atoms with Crippen molar-refractivity contribution in [3.8, 4) is 11.1 Å². The standard InChI is InChI=1S/C26H21N5O/c27-26-28-13-12-24(31-26)30-21-11-10-20-16-29-25(22(20)15-21)23(32)14-17-6-8-19(9-7-17)18-4-2-1-3-5-18/h1-13,15H,14,16H2,(H3,27,28,30,31). The predicted octanol–water partition coefficient (Wildman–Crippen LogP) is 4.58. The van der Waals surface area contributed by atoms with Crippen LogP contribution in [0.25, 0.3) is 11.1 Å². The van der Waals surface area contributed by atoms with Gasteiger partial charge in [-0.3, -0.25) is 9.79 Å². The van der Waals surface area contributed by atoms with Crippen LogP contribution < -0.4 is 11.1 Å². The van der Waals surface area contributed by atoms with Gasteiger partial charge in [0, 0.05) is 23.9 Å². The van der Waals surface area contributed by atoms with Gasteiger partial charge >= 0.3 is 0 Å². The third kappa shape index (κ3) is 4.11. The second kappa shape index (κ2) is 8.43. The third-order valence-electron chi connectivity index (χ3n) is 5.41. The van der Waals surface area contributed by atoms with Crippen molar-refractivity contribution < 1.29 is 4.79 Å². The normalized spacial score (nSPS) is 12.2. The summed E-state index contributed by atoms with van der Waals surface area (Å²) in [5, 5.41) is 3.21. The zero-order chi connectivity index (χ0) is 21.9. The van der Waals surface area contributed by atoms with E-state index in [0.29, 0.717) is 24.5 Å². The van der Waals surface area contributed by atoms with E-state index in [-0.39, 0.29) is 11.7 Å². The molecule has 1 aromatic heterocycles. The number of nitrogens with zero attached hydrogens (tertiary/aromatic N) is 3. The highest BCUT2D eigenvalue weighted by Gasteiger charge is 2.22. The molecule has 3 N–H and O–H groups in total. The number of anilines is 3. The number of benzene rings is 3. The second-order valence-corrected chi connectivity index (χ2v) is 7.62. The molecule has 2 heterocycles. The minimum absolute atomic E-state index is 0.0136. The monoisotopic (exact) mass is 419 g/mol. The van der Waals surface area contributed by atoms with E-state index in [4.69, 9.17) is 5.73 Å². The smallest absolute Gasteiger partial charge is 0.221 e. The molecular weight excluding hydrogens is 398 g/mol. The molecule has 156 valence electrons. The third-order valence-corrected chi connectivity index (χ3v) is 5.41. The van der Waals surface area contributed by atoms with Crippen molar-refractivity contribution in [2.75, 3.05) is 11.1 Å². The molecule has 1 aliphatic rings. The lowest BCUT2D eigenvalue weighted by molar-refractivity contribution is -0.112. The summed E-state index contributed by atoms with van der Waals surface area (Å²) in [5.74, 6) is 0.810. The lowest BCUT2D eigenvalue weighted by atomic mass is 9.97. The molecule has 0 unspecified atom stereocenters. The number of hydrogen-bond donors (Lipinski definition) is 2. The molecule has 3 aromatic carbocycles. The Morgan fingerprint density at radius 2 is 1.72 bits per heavy atom. The summed E-state index contributed by atoms with van der Waals surface area (Å²) >= 11 is 0. The van der Waals surface area contributed by atoms with Gasteiger partial charge in [-0.25, -0.2) is 4.98 Å². The van der Waals surface area contributed by atoms with E-state index in [2.05, 4.69) is 44.5 Å². The molecule has 5 rings (SSSR count). The zero-order valence-electron chi connectivity index (χ0n) is 17.3. The summed E-state index contributed by atoms with van der Waals surface area (Å²) in [6, 6.07) is 25.9. The van der Waals surface area contributed by atoms with Gasteiger partial charge in [0.25, 0.3) is 0 Å². The van der Waals surface area contributed by atoms with Crippen molar-refractivity contribution in [3.63, 3.8) is 0 Å². The van der Waals surface area contributed by atoms with Crippen LogP contribution >= 0.6 is 0 Å². The number of aliphatic imine (C=N–C) groups is 1. The number of fused-ring (bicyclic) bond motifs is 1. The Morgan fingerprint density at radius 1 is 0.938 bits per heavy atom. The molecular formula is C26H21N5O. The van der Waals surface area contributed by atoms with Gasteiger partial charge in [-0.1, -0.05) is 60.7 Å². The first-order valence-electron chi connectivity index (χ1n) is 10.4. The topological polar surface area (TPSA) is 93.3 Å². The lowest BCUT2D eigenvalue weighted by Gasteiger charge is -2.09. The van der Waals surface area contributed by atoms with Gasteiger partial charge in [-0.05, 0) is 40.5 Å². The Hall–Kier alpha value is -4.32. The Morgan fingerprint density at radius 3 is 2.50 bits per heavy atom. The number of nitrogens with one attached hydrogen (secondary N) is 1. The van der Waals surface area contributed by atoms with E-state index in [0.717, 1.165) is 33.5 Å². The maximum Gasteiger partial charge on any atom is 0.221 e. The molecule has 0 saturated heterocycles. The SMILES string of the molecule is Nc1nccc(Nc2ccc3c(c2)C(C(=O)Cc2ccc(-c4ccccc4)cc2)=NC3)n1. The summed E-state index contributed by atoms with van der Waals surface area (Å²) in [6.45, 7) is 0.518. The summed E-state index contributed by atoms with van der Waals surface area (Å²) in [5.41, 5.74) is 12.2. The average molecular weight is 419 g/mol. The molecule has 6 nitrogen and oxygen atoms in total. The summed E-state index contributed by atoms with van der Waals surface area (Å²) in [6.07, 6.45) is 1.91. The zero-order valence-corrected chi connectivity index (χ0v) is 17.3. The fourth-order valence-corrected chi connectivity index (χ4v) is 3.81. The number of nitrogen functional groups attached to an aromatic ring is 1. The average Bonchev–Trinajstić information content (AvgIpc) is 3.24. The number of carbonyl (C=O) groups is 1. The van der Waals surface area contributed by atoms with Gasteiger partial charge in [0.2, 0.25) is 5.95 Å². The molecule has 0 aliphatic carbocycles. The first kappa shape index (κ1) is 19.6. The maximum atomic E-state index is 13.1. The molecule has 0 spiro atoms. The minimum atomic E-state index is 0.0136. The van der Waals surface area contributed by atoms with Crippen LogP contribution in [0, 0.1) is 0 Å². The Balaban J connectivity index is 1.32. The Labute approximate surface area is 185 Å². The van der Waals surface area contributed by atoms with Crippen molar-refractivity contribution in [1.29, 1.82) is 0 Å². The quantitative estimate of drug-likeness (QED) is 0.477. The molecule has 32 heavy (non-hydrogen) atoms. The van der Waals surface area contributed by atoms with Crippen LogP contribution in [0.1, 0.15) is 16.7 Å². The van der Waals surface area contributed by atoms with Gasteiger partial charge in [0.15, 0.2) is 5.78 Å². The number of carbonyl (C=O) groups excluding carboxylic acids is 1. The van der Waals surface area contributed by atoms with Gasteiger partial charge in [-0.2, -0.15) is 4.98 Å². The van der Waals surface area contributed by atoms with E-state index in [1.54, 1.807) is 12.3 Å². The molecule has 0 bridgehead atoms. The maximum absolute atomic E-state index is 13.1. The highest BCUT2D eigenvalue weighted by Crippen LogP contribution is 2.26. The minimum Gasteiger partial charge on any atom is -0.368 e. The van der Waals surface area contributed by atoms with Crippen molar-refractivity contribution >= 4 is 28.9 Å². The van der Waals surface area contributed by atoms with Crippen molar-refractivity contribution in [2.45, 2.75) is 13.0 Å². The van der Waals surface area contributed by atoms with Crippen molar-refractivity contribution in [1.82, 2.24) is 9.97 Å². The molecule has 0 saturated carbocycles. The van der Waals surface area contributed by atoms with Gasteiger partial charge < -0.3 is 11.1 Å². The van der Waals surface area contributed by atoms with Crippen LogP contribution in [0.15, 0.2) is 90.1 Å². The van der Waals surface area contributed by atoms with Crippen LogP contribution in [0.3, 0.4) is 0 Å². The van der Waals surface area contributed by atoms with E-state index < -0.39 is 0 Å². The summed E-state index contributed by atoms with van der Waals surface area (Å²) in [4.78, 5) is 25.6. The van der Waals surface area contributed by atoms with E-state index in [9.17, 15) is 4.79 Å². The van der Waals surface area contributed by atoms with Gasteiger partial charge in [0.05, 0.1) is 6.54 Å². The van der Waals surface area contributed by atoms with E-state index >= 15 is 0 Å². The summed E-state index contributed by atoms with van der Waals surface area (Å²) < 4.78 is 0. The number of aromatic nitrogens is 2. The number of hydrogen-bond acceptors (Lipinski definition) is 6. The highest BCUT2D eigenvalue weighted by molar-refractivity contribution is 6.47. The highest BCUT2D eigenvalue weighted by atomic mass is 16.1. The number of nitrogens with two attached hydrogens (primary N) is 1. The number of ketones is 1. The molecule has 0 radical (unpaired) electrons. The fraction of sp³-hybridized carbons (Fsp3) is 0.0769. The lowest BCUT2D eigenvalue weighted by Crippen LogP contribution is -2.16. The number of Topliss-reactive ketones (excluding diaryl/α,β-unsaturated/α-hetero) is 1. The Bertz CT molecular complexity index is 1310. The van der Waals surface area contributed by atoms with Crippen LogP contribution in [0.4, 0.5) is 17.5 Å². The van der Waals surface area contributed by atoms with Crippen LogP contribution in [0.2, 0.25) is 0 Å². The second-order valence-electron chi connectivity index (χ2n) is 7.62. The number of rotatable bonds is 6. The van der Waals surface area contributed by atoms with Crippen molar-refractivity contribution in [2.24, 2.45) is 4.99 Å². The largest absolute Gasteiger partial charge is 0.368 e. The first-order valence-corrected chi connectivity index (χ1v) is 10.4. The van der Waals surface area contributed by atoms with Crippen molar-refractivity contribution in [3.05, 3.63) is 102 Å².